The van der Waals surface area contributed by atoms with Crippen LogP contribution in [0.25, 0.3) is 5.69 Å². The van der Waals surface area contributed by atoms with E-state index >= 15 is 0 Å². The van der Waals surface area contributed by atoms with Crippen LogP contribution in [-0.2, 0) is 0 Å². The molecule has 1 aromatic heterocycles. The number of carbonyl (C=O) groups is 1. The van der Waals surface area contributed by atoms with Crippen LogP contribution in [-0.4, -0.2) is 28.8 Å². The fraction of sp³-hybridized carbons (Fsp3) is 0.444. The number of methoxy groups -OCH3 is 1. The summed E-state index contributed by atoms with van der Waals surface area (Å²) in [5.74, 6) is 0.719. The van der Waals surface area contributed by atoms with Gasteiger partial charge in [0.1, 0.15) is 5.75 Å². The number of nitrogens with zero attached hydrogens (tertiary/aromatic N) is 2. The van der Waals surface area contributed by atoms with Crippen molar-refractivity contribution in [1.82, 2.24) is 15.1 Å². The summed E-state index contributed by atoms with van der Waals surface area (Å²) < 4.78 is 6.86. The zero-order valence-corrected chi connectivity index (χ0v) is 13.5. The fourth-order valence-corrected chi connectivity index (χ4v) is 3.01. The van der Waals surface area contributed by atoms with Crippen LogP contribution in [0.15, 0.2) is 36.5 Å². The van der Waals surface area contributed by atoms with Gasteiger partial charge in [0, 0.05) is 12.2 Å². The van der Waals surface area contributed by atoms with Gasteiger partial charge in [-0.3, -0.25) is 4.79 Å². The van der Waals surface area contributed by atoms with Crippen molar-refractivity contribution in [3.63, 3.8) is 0 Å². The van der Waals surface area contributed by atoms with E-state index in [-0.39, 0.29) is 11.9 Å². The summed E-state index contributed by atoms with van der Waals surface area (Å²) >= 11 is 0. The maximum atomic E-state index is 12.4. The highest BCUT2D eigenvalue weighted by Gasteiger charge is 2.17. The van der Waals surface area contributed by atoms with Crippen molar-refractivity contribution in [2.75, 3.05) is 7.11 Å². The van der Waals surface area contributed by atoms with Crippen molar-refractivity contribution >= 4 is 5.91 Å². The zero-order chi connectivity index (χ0) is 16.1. The number of nitrogens with one attached hydrogen (secondary N) is 1. The standard InChI is InChI=1S/C18H23N3O2/c1-23-16-10-8-15(9-11-16)21-13-12-17(20-21)18(22)19-14-6-4-2-3-5-7-14/h8-14H,2-7H2,1H3,(H,19,22). The molecule has 23 heavy (non-hydrogen) atoms. The average molecular weight is 313 g/mol. The molecule has 1 aromatic carbocycles. The molecule has 0 radical (unpaired) electrons. The Morgan fingerprint density at radius 1 is 1.13 bits per heavy atom. The summed E-state index contributed by atoms with van der Waals surface area (Å²) in [5.41, 5.74) is 1.37. The third kappa shape index (κ3) is 3.92. The quantitative estimate of drug-likeness (QED) is 0.881. The maximum absolute atomic E-state index is 12.4. The van der Waals surface area contributed by atoms with Gasteiger partial charge in [-0.2, -0.15) is 5.10 Å². The summed E-state index contributed by atoms with van der Waals surface area (Å²) in [6, 6.07) is 9.63. The highest BCUT2D eigenvalue weighted by atomic mass is 16.5. The van der Waals surface area contributed by atoms with Crippen molar-refractivity contribution in [2.45, 2.75) is 44.6 Å². The minimum atomic E-state index is -0.0795. The average Bonchev–Trinajstić information content (AvgIpc) is 2.94. The van der Waals surface area contributed by atoms with E-state index in [0.29, 0.717) is 5.69 Å². The molecule has 3 rings (SSSR count). The molecule has 5 nitrogen and oxygen atoms in total. The summed E-state index contributed by atoms with van der Waals surface area (Å²) in [6.45, 7) is 0. The monoisotopic (exact) mass is 313 g/mol. The number of carbonyl (C=O) groups excluding carboxylic acids is 1. The van der Waals surface area contributed by atoms with E-state index in [1.165, 1.54) is 25.7 Å². The molecule has 1 aliphatic rings. The number of aromatic nitrogens is 2. The maximum Gasteiger partial charge on any atom is 0.272 e. The summed E-state index contributed by atoms with van der Waals surface area (Å²) in [5, 5.41) is 7.51. The number of ether oxygens (including phenoxy) is 1. The lowest BCUT2D eigenvalue weighted by Crippen LogP contribution is -2.34. The van der Waals surface area contributed by atoms with Gasteiger partial charge in [0.15, 0.2) is 5.69 Å². The lowest BCUT2D eigenvalue weighted by molar-refractivity contribution is 0.0928. The Morgan fingerprint density at radius 3 is 2.48 bits per heavy atom. The largest absolute Gasteiger partial charge is 0.497 e. The number of benzene rings is 1. The normalized spacial score (nSPS) is 15.9. The lowest BCUT2D eigenvalue weighted by Gasteiger charge is -2.15. The first-order valence-corrected chi connectivity index (χ1v) is 8.27. The van der Waals surface area contributed by atoms with Crippen molar-refractivity contribution in [3.8, 4) is 11.4 Å². The zero-order valence-electron chi connectivity index (χ0n) is 13.5. The summed E-state index contributed by atoms with van der Waals surface area (Å²) in [4.78, 5) is 12.4. The third-order valence-electron chi connectivity index (χ3n) is 4.35. The predicted octanol–water partition coefficient (Wildman–Crippen LogP) is 3.33. The molecular weight excluding hydrogens is 290 g/mol. The van der Waals surface area contributed by atoms with Gasteiger partial charge < -0.3 is 10.1 Å². The van der Waals surface area contributed by atoms with E-state index < -0.39 is 0 Å². The van der Waals surface area contributed by atoms with Crippen molar-refractivity contribution in [2.24, 2.45) is 0 Å². The van der Waals surface area contributed by atoms with Gasteiger partial charge in [-0.15, -0.1) is 0 Å². The highest BCUT2D eigenvalue weighted by Crippen LogP contribution is 2.18. The van der Waals surface area contributed by atoms with Crippen LogP contribution < -0.4 is 10.1 Å². The molecule has 0 bridgehead atoms. The van der Waals surface area contributed by atoms with Crippen LogP contribution in [0.5, 0.6) is 5.75 Å². The van der Waals surface area contributed by atoms with Gasteiger partial charge in [-0.1, -0.05) is 25.7 Å². The molecule has 1 aliphatic carbocycles. The highest BCUT2D eigenvalue weighted by molar-refractivity contribution is 5.92. The molecule has 0 unspecified atom stereocenters. The molecule has 0 atom stereocenters. The Bertz CT molecular complexity index is 641. The van der Waals surface area contributed by atoms with Gasteiger partial charge in [0.2, 0.25) is 0 Å². The van der Waals surface area contributed by atoms with Crippen LogP contribution >= 0.6 is 0 Å². The molecule has 1 fully saturated rings. The molecule has 2 aromatic rings. The summed E-state index contributed by atoms with van der Waals surface area (Å²) in [7, 11) is 1.64. The molecule has 0 aliphatic heterocycles. The van der Waals surface area contributed by atoms with E-state index in [2.05, 4.69) is 10.4 Å². The molecule has 1 heterocycles. The molecule has 0 spiro atoms. The first-order chi connectivity index (χ1) is 11.3. The number of amides is 1. The molecule has 0 saturated heterocycles. The molecule has 5 heteroatoms. The Morgan fingerprint density at radius 2 is 1.83 bits per heavy atom. The second kappa shape index (κ2) is 7.31. The third-order valence-corrected chi connectivity index (χ3v) is 4.35. The smallest absolute Gasteiger partial charge is 0.272 e. The van der Waals surface area contributed by atoms with Crippen molar-refractivity contribution in [1.29, 1.82) is 0 Å². The van der Waals surface area contributed by atoms with Gasteiger partial charge in [0.05, 0.1) is 12.8 Å². The second-order valence-electron chi connectivity index (χ2n) is 6.01. The van der Waals surface area contributed by atoms with E-state index in [1.54, 1.807) is 17.9 Å². The summed E-state index contributed by atoms with van der Waals surface area (Å²) in [6.07, 6.45) is 8.91. The van der Waals surface area contributed by atoms with Crippen LogP contribution in [0.4, 0.5) is 0 Å². The van der Waals surface area contributed by atoms with Gasteiger partial charge >= 0.3 is 0 Å². The molecule has 1 saturated carbocycles. The van der Waals surface area contributed by atoms with Crippen LogP contribution in [0.3, 0.4) is 0 Å². The van der Waals surface area contributed by atoms with Crippen LogP contribution in [0, 0.1) is 0 Å². The Balaban J connectivity index is 1.66. The second-order valence-corrected chi connectivity index (χ2v) is 6.01. The van der Waals surface area contributed by atoms with E-state index in [9.17, 15) is 4.79 Å². The minimum Gasteiger partial charge on any atom is -0.497 e. The fourth-order valence-electron chi connectivity index (χ4n) is 3.01. The van der Waals surface area contributed by atoms with E-state index in [0.717, 1.165) is 24.3 Å². The predicted molar refractivity (Wildman–Crippen MR) is 89.1 cm³/mol. The molecular formula is C18H23N3O2. The Hall–Kier alpha value is -2.30. The molecule has 122 valence electrons. The van der Waals surface area contributed by atoms with Crippen molar-refractivity contribution < 1.29 is 9.53 Å². The van der Waals surface area contributed by atoms with E-state index in [4.69, 9.17) is 4.74 Å². The number of rotatable bonds is 4. The first-order valence-electron chi connectivity index (χ1n) is 8.27. The first kappa shape index (κ1) is 15.6. The lowest BCUT2D eigenvalue weighted by atomic mass is 10.1. The SMILES string of the molecule is COc1ccc(-n2ccc(C(=O)NC3CCCCCC3)n2)cc1. The van der Waals surface area contributed by atoms with Gasteiger partial charge in [0.25, 0.3) is 5.91 Å². The topological polar surface area (TPSA) is 56.1 Å². The van der Waals surface area contributed by atoms with Crippen molar-refractivity contribution in [3.05, 3.63) is 42.2 Å². The van der Waals surface area contributed by atoms with Gasteiger partial charge in [-0.05, 0) is 43.2 Å². The minimum absolute atomic E-state index is 0.0795. The molecule has 1 amide bonds. The van der Waals surface area contributed by atoms with Crippen LogP contribution in [0.1, 0.15) is 49.0 Å². The number of hydrogen-bond donors (Lipinski definition) is 1. The van der Waals surface area contributed by atoms with Crippen LogP contribution in [0.2, 0.25) is 0 Å². The Labute approximate surface area is 136 Å². The Kier molecular flexibility index (Phi) is 4.95. The molecule has 1 N–H and O–H groups in total. The number of hydrogen-bond acceptors (Lipinski definition) is 3. The van der Waals surface area contributed by atoms with Gasteiger partial charge in [-0.25, -0.2) is 4.68 Å². The van der Waals surface area contributed by atoms with E-state index in [1.807, 2.05) is 30.5 Å².